The van der Waals surface area contributed by atoms with Crippen molar-refractivity contribution in [1.29, 1.82) is 0 Å². The molecule has 1 spiro atoms. The lowest BCUT2D eigenvalue weighted by Crippen LogP contribution is -2.37. The topological polar surface area (TPSA) is 46.0 Å². The summed E-state index contributed by atoms with van der Waals surface area (Å²) in [5, 5.41) is 0.683. The van der Waals surface area contributed by atoms with Gasteiger partial charge in [-0.3, -0.25) is 10.4 Å². The normalized spacial score (nSPS) is 16.9. The van der Waals surface area contributed by atoms with Crippen LogP contribution in [0.25, 0.3) is 11.0 Å². The molecule has 0 unspecified atom stereocenters. The summed E-state index contributed by atoms with van der Waals surface area (Å²) in [6, 6.07) is 7.91. The van der Waals surface area contributed by atoms with E-state index in [9.17, 15) is 0 Å². The average molecular weight is 406 g/mol. The number of halogens is 1. The van der Waals surface area contributed by atoms with E-state index in [2.05, 4.69) is 41.5 Å². The fourth-order valence-corrected chi connectivity index (χ4v) is 4.71. The molecule has 3 aromatic rings. The minimum absolute atomic E-state index is 0.0683. The molecular formula is C23H24ClN5. The van der Waals surface area contributed by atoms with Gasteiger partial charge in [-0.2, -0.15) is 0 Å². The largest absolute Gasteiger partial charge is 0.336 e. The molecule has 2 aromatic heterocycles. The molecular weight excluding hydrogens is 382 g/mol. The third-order valence-corrected chi connectivity index (χ3v) is 6.61. The first-order chi connectivity index (χ1) is 14.0. The van der Waals surface area contributed by atoms with Crippen molar-refractivity contribution in [2.45, 2.75) is 44.6 Å². The Bertz CT molecular complexity index is 1140. The molecule has 6 heteroatoms. The Balaban J connectivity index is 1.59. The lowest BCUT2D eigenvalue weighted by molar-refractivity contribution is 0.301. The summed E-state index contributed by atoms with van der Waals surface area (Å²) in [7, 11) is 0. The molecule has 0 radical (unpaired) electrons. The smallest absolute Gasteiger partial charge is 0.148 e. The van der Waals surface area contributed by atoms with E-state index >= 15 is 0 Å². The summed E-state index contributed by atoms with van der Waals surface area (Å²) < 4.78 is 2.00. The minimum Gasteiger partial charge on any atom is -0.336 e. The van der Waals surface area contributed by atoms with Gasteiger partial charge in [-0.25, -0.2) is 9.66 Å². The minimum atomic E-state index is 0.0683. The SMILES string of the molecule is C=C(CC)Nn1c(CN2C(=C)C3(CCC3)c3ccncc32)nc2ccc(Cl)cc21. The van der Waals surface area contributed by atoms with Gasteiger partial charge in [0.1, 0.15) is 5.82 Å². The van der Waals surface area contributed by atoms with Crippen LogP contribution in [0.2, 0.25) is 5.02 Å². The predicted octanol–water partition coefficient (Wildman–Crippen LogP) is 5.51. The standard InChI is InChI=1S/C23H24ClN5/c1-4-15(2)27-29-20-12-17(24)6-7-19(20)26-22(29)14-28-16(3)23(9-5-10-23)18-8-11-25-13-21(18)28/h6-8,11-13,27H,2-5,9-10,14H2,1H3. The second kappa shape index (κ2) is 6.63. The third-order valence-electron chi connectivity index (χ3n) is 6.37. The maximum Gasteiger partial charge on any atom is 0.148 e. The zero-order chi connectivity index (χ0) is 20.2. The van der Waals surface area contributed by atoms with Crippen molar-refractivity contribution in [3.05, 3.63) is 77.6 Å². The van der Waals surface area contributed by atoms with Gasteiger partial charge in [-0.15, -0.1) is 0 Å². The number of nitrogens with one attached hydrogen (secondary N) is 1. The quantitative estimate of drug-likeness (QED) is 0.608. The number of pyridine rings is 1. The fraction of sp³-hybridized carbons (Fsp3) is 0.304. The molecule has 0 atom stereocenters. The molecule has 1 aliphatic carbocycles. The van der Waals surface area contributed by atoms with Crippen LogP contribution in [-0.4, -0.2) is 14.6 Å². The van der Waals surface area contributed by atoms with Gasteiger partial charge >= 0.3 is 0 Å². The van der Waals surface area contributed by atoms with E-state index in [1.165, 1.54) is 12.0 Å². The van der Waals surface area contributed by atoms with Gasteiger partial charge in [0, 0.05) is 28.0 Å². The van der Waals surface area contributed by atoms with Crippen LogP contribution in [0, 0.1) is 0 Å². The van der Waals surface area contributed by atoms with Crippen LogP contribution in [0.15, 0.2) is 61.2 Å². The highest BCUT2D eigenvalue weighted by Gasteiger charge is 2.50. The highest BCUT2D eigenvalue weighted by atomic mass is 35.5. The number of anilines is 1. The van der Waals surface area contributed by atoms with E-state index in [1.54, 1.807) is 0 Å². The average Bonchev–Trinajstić information content (AvgIpc) is 3.14. The molecule has 3 heterocycles. The first-order valence-electron chi connectivity index (χ1n) is 10.1. The van der Waals surface area contributed by atoms with Crippen molar-refractivity contribution in [2.24, 2.45) is 0 Å². The van der Waals surface area contributed by atoms with Crippen molar-refractivity contribution >= 4 is 28.3 Å². The highest BCUT2D eigenvalue weighted by molar-refractivity contribution is 6.31. The number of fused-ring (bicyclic) bond motifs is 3. The van der Waals surface area contributed by atoms with Crippen molar-refractivity contribution in [3.8, 4) is 0 Å². The lowest BCUT2D eigenvalue weighted by atomic mass is 9.64. The molecule has 1 aromatic carbocycles. The van der Waals surface area contributed by atoms with Crippen LogP contribution < -0.4 is 10.3 Å². The van der Waals surface area contributed by atoms with Crippen LogP contribution in [0.5, 0.6) is 0 Å². The molecule has 1 saturated carbocycles. The molecule has 1 N–H and O–H groups in total. The summed E-state index contributed by atoms with van der Waals surface area (Å²) in [6.07, 6.45) is 8.21. The number of rotatable bonds is 5. The number of hydrogen-bond donors (Lipinski definition) is 1. The highest BCUT2D eigenvalue weighted by Crippen LogP contribution is 2.57. The number of nitrogens with zero attached hydrogens (tertiary/aromatic N) is 4. The number of aromatic nitrogens is 3. The second-order valence-electron chi connectivity index (χ2n) is 7.93. The summed E-state index contributed by atoms with van der Waals surface area (Å²) in [4.78, 5) is 11.6. The van der Waals surface area contributed by atoms with Crippen molar-refractivity contribution in [2.75, 3.05) is 10.3 Å². The zero-order valence-electron chi connectivity index (χ0n) is 16.6. The monoisotopic (exact) mass is 405 g/mol. The molecule has 29 heavy (non-hydrogen) atoms. The molecule has 0 amide bonds. The van der Waals surface area contributed by atoms with E-state index < -0.39 is 0 Å². The van der Waals surface area contributed by atoms with Crippen LogP contribution in [0.3, 0.4) is 0 Å². The Morgan fingerprint density at radius 1 is 1.31 bits per heavy atom. The number of imidazole rings is 1. The molecule has 1 fully saturated rings. The second-order valence-corrected chi connectivity index (χ2v) is 8.36. The predicted molar refractivity (Wildman–Crippen MR) is 119 cm³/mol. The van der Waals surface area contributed by atoms with Crippen molar-refractivity contribution < 1.29 is 0 Å². The summed E-state index contributed by atoms with van der Waals surface area (Å²) in [6.45, 7) is 11.3. The van der Waals surface area contributed by atoms with Gasteiger partial charge in [-0.05, 0) is 49.1 Å². The molecule has 0 saturated heterocycles. The molecule has 2 aliphatic rings. The third kappa shape index (κ3) is 2.68. The van der Waals surface area contributed by atoms with E-state index in [0.717, 1.165) is 53.2 Å². The lowest BCUT2D eigenvalue weighted by Gasteiger charge is -2.40. The molecule has 0 bridgehead atoms. The molecule has 148 valence electrons. The zero-order valence-corrected chi connectivity index (χ0v) is 17.3. The van der Waals surface area contributed by atoms with E-state index in [1.807, 2.05) is 35.3 Å². The summed E-state index contributed by atoms with van der Waals surface area (Å²) >= 11 is 6.27. The van der Waals surface area contributed by atoms with E-state index in [-0.39, 0.29) is 5.41 Å². The van der Waals surface area contributed by atoms with E-state index in [0.29, 0.717) is 11.6 Å². The first kappa shape index (κ1) is 18.3. The Labute approximate surface area is 175 Å². The van der Waals surface area contributed by atoms with Crippen LogP contribution in [0.4, 0.5) is 5.69 Å². The van der Waals surface area contributed by atoms with E-state index in [4.69, 9.17) is 16.6 Å². The Hall–Kier alpha value is -2.79. The summed E-state index contributed by atoms with van der Waals surface area (Å²) in [5.41, 5.74) is 9.87. The molecule has 1 aliphatic heterocycles. The summed E-state index contributed by atoms with van der Waals surface area (Å²) in [5.74, 6) is 0.893. The van der Waals surface area contributed by atoms with Crippen LogP contribution in [0.1, 0.15) is 44.0 Å². The maximum absolute atomic E-state index is 6.27. The number of hydrogen-bond acceptors (Lipinski definition) is 4. The van der Waals surface area contributed by atoms with Crippen molar-refractivity contribution in [1.82, 2.24) is 14.6 Å². The maximum atomic E-state index is 6.27. The van der Waals surface area contributed by atoms with Gasteiger partial charge in [0.15, 0.2) is 0 Å². The fourth-order valence-electron chi connectivity index (χ4n) is 4.54. The van der Waals surface area contributed by atoms with Crippen molar-refractivity contribution in [3.63, 3.8) is 0 Å². The van der Waals surface area contributed by atoms with Gasteiger partial charge < -0.3 is 4.90 Å². The van der Waals surface area contributed by atoms with Crippen LogP contribution in [-0.2, 0) is 12.0 Å². The Morgan fingerprint density at radius 3 is 2.86 bits per heavy atom. The number of benzene rings is 1. The Morgan fingerprint density at radius 2 is 2.14 bits per heavy atom. The number of allylic oxidation sites excluding steroid dienone is 2. The molecule has 5 rings (SSSR count). The van der Waals surface area contributed by atoms with Gasteiger partial charge in [-0.1, -0.05) is 38.1 Å². The first-order valence-corrected chi connectivity index (χ1v) is 10.4. The van der Waals surface area contributed by atoms with Gasteiger partial charge in [0.2, 0.25) is 0 Å². The van der Waals surface area contributed by atoms with Gasteiger partial charge in [0.05, 0.1) is 29.5 Å². The Kier molecular flexibility index (Phi) is 4.17. The van der Waals surface area contributed by atoms with Crippen LogP contribution >= 0.6 is 11.6 Å². The molecule has 5 nitrogen and oxygen atoms in total. The van der Waals surface area contributed by atoms with Gasteiger partial charge in [0.25, 0.3) is 0 Å².